The molecule has 0 N–H and O–H groups in total. The molecule has 2 nitrogen and oxygen atoms in total. The van der Waals surface area contributed by atoms with E-state index in [0.717, 1.165) is 35.5 Å². The summed E-state index contributed by atoms with van der Waals surface area (Å²) in [6, 6.07) is 0. The molecule has 0 aromatic rings. The fraction of sp³-hybridized carbons (Fsp3) is 1.00. The van der Waals surface area contributed by atoms with Crippen LogP contribution in [-0.4, -0.2) is 28.8 Å². The molecule has 0 bridgehead atoms. The van der Waals surface area contributed by atoms with Gasteiger partial charge in [0, 0.05) is 12.2 Å². The Kier molecular flexibility index (Phi) is 8.99. The third kappa shape index (κ3) is 6.48. The highest BCUT2D eigenvalue weighted by Gasteiger charge is 2.63. The van der Waals surface area contributed by atoms with E-state index in [-0.39, 0.29) is 0 Å². The molecule has 0 aliphatic heterocycles. The van der Waals surface area contributed by atoms with Gasteiger partial charge in [-0.2, -0.15) is 0 Å². The summed E-state index contributed by atoms with van der Waals surface area (Å²) in [4.78, 5) is 0. The molecule has 4 heteroatoms. The zero-order valence-electron chi connectivity index (χ0n) is 26.8. The Balaban J connectivity index is 1.56. The lowest BCUT2D eigenvalue weighted by atomic mass is 9.43. The second-order valence-corrected chi connectivity index (χ2v) is 26.1. The van der Waals surface area contributed by atoms with Gasteiger partial charge in [0.2, 0.25) is 0 Å². The van der Waals surface area contributed by atoms with E-state index in [9.17, 15) is 0 Å². The average Bonchev–Trinajstić information content (AvgIpc) is 3.10. The topological polar surface area (TPSA) is 18.5 Å². The molecule has 0 radical (unpaired) electrons. The minimum absolute atomic E-state index is 0.439. The second-order valence-electron chi connectivity index (χ2n) is 17.2. The summed E-state index contributed by atoms with van der Waals surface area (Å²) in [6.45, 7) is 27.2. The number of hydrogen-bond donors (Lipinski definition) is 0. The van der Waals surface area contributed by atoms with Gasteiger partial charge < -0.3 is 8.85 Å². The number of hydrogen-bond acceptors (Lipinski definition) is 2. The third-order valence-electron chi connectivity index (χ3n) is 11.8. The van der Waals surface area contributed by atoms with Gasteiger partial charge in [-0.15, -0.1) is 0 Å². The Morgan fingerprint density at radius 2 is 1.32 bits per heavy atom. The van der Waals surface area contributed by atoms with Gasteiger partial charge in [0.05, 0.1) is 0 Å². The van der Waals surface area contributed by atoms with Crippen LogP contribution in [-0.2, 0) is 8.85 Å². The van der Waals surface area contributed by atoms with Crippen molar-refractivity contribution in [2.45, 2.75) is 157 Å². The third-order valence-corrected chi connectivity index (χ3v) is 13.9. The van der Waals surface area contributed by atoms with Gasteiger partial charge in [0.15, 0.2) is 16.6 Å². The molecule has 0 saturated heterocycles. The Labute approximate surface area is 234 Å². The van der Waals surface area contributed by atoms with Crippen LogP contribution in [0, 0.1) is 52.3 Å². The van der Waals surface area contributed by atoms with E-state index in [1.54, 1.807) is 0 Å². The summed E-state index contributed by atoms with van der Waals surface area (Å²) in [6.07, 6.45) is 16.3. The van der Waals surface area contributed by atoms with Crippen molar-refractivity contribution in [3.63, 3.8) is 0 Å². The van der Waals surface area contributed by atoms with Crippen molar-refractivity contribution in [3.05, 3.63) is 0 Å². The standard InChI is InChI=1S/C33H64O2Si2/c1-23(2)13-12-14-24(3)27-15-16-28-26-22-31(35-37(9,10)11)30-21-25(34-36(6,7)8)17-19-33(30,5)29(26)18-20-32(27,28)4/h23-31H,12-22H2,1-11H3/t24-,25+,26?,27-,28+,29+,30-,31+,32-,33-/m1/s1. The van der Waals surface area contributed by atoms with Gasteiger partial charge in [-0.05, 0) is 143 Å². The highest BCUT2D eigenvalue weighted by Crippen LogP contribution is 2.69. The van der Waals surface area contributed by atoms with Crippen molar-refractivity contribution in [2.24, 2.45) is 52.3 Å². The molecular weight excluding hydrogens is 485 g/mol. The minimum Gasteiger partial charge on any atom is -0.415 e. The van der Waals surface area contributed by atoms with Crippen LogP contribution in [0.15, 0.2) is 0 Å². The molecule has 216 valence electrons. The minimum atomic E-state index is -1.62. The molecule has 10 atom stereocenters. The van der Waals surface area contributed by atoms with Gasteiger partial charge in [-0.3, -0.25) is 0 Å². The Hall–Kier alpha value is 0.354. The van der Waals surface area contributed by atoms with Crippen molar-refractivity contribution in [2.75, 3.05) is 0 Å². The lowest BCUT2D eigenvalue weighted by Gasteiger charge is -2.63. The smallest absolute Gasteiger partial charge is 0.184 e. The quantitative estimate of drug-likeness (QED) is 0.267. The molecule has 4 fully saturated rings. The van der Waals surface area contributed by atoms with Crippen LogP contribution < -0.4 is 0 Å². The van der Waals surface area contributed by atoms with Crippen LogP contribution in [0.25, 0.3) is 0 Å². The Morgan fingerprint density at radius 1 is 0.703 bits per heavy atom. The first-order valence-electron chi connectivity index (χ1n) is 16.4. The molecule has 0 aromatic carbocycles. The van der Waals surface area contributed by atoms with Crippen LogP contribution in [0.4, 0.5) is 0 Å². The maximum Gasteiger partial charge on any atom is 0.184 e. The molecule has 37 heavy (non-hydrogen) atoms. The van der Waals surface area contributed by atoms with Gasteiger partial charge in [-0.1, -0.05) is 53.9 Å². The molecule has 0 aromatic heterocycles. The van der Waals surface area contributed by atoms with Crippen molar-refractivity contribution < 1.29 is 8.85 Å². The number of rotatable bonds is 9. The maximum atomic E-state index is 7.17. The Morgan fingerprint density at radius 3 is 1.95 bits per heavy atom. The fourth-order valence-electron chi connectivity index (χ4n) is 10.4. The average molecular weight is 549 g/mol. The van der Waals surface area contributed by atoms with Gasteiger partial charge >= 0.3 is 0 Å². The summed E-state index contributed by atoms with van der Waals surface area (Å²) in [5.74, 6) is 6.06. The highest BCUT2D eigenvalue weighted by atomic mass is 28.4. The van der Waals surface area contributed by atoms with Crippen molar-refractivity contribution in [1.29, 1.82) is 0 Å². The van der Waals surface area contributed by atoms with Crippen LogP contribution in [0.2, 0.25) is 39.3 Å². The van der Waals surface area contributed by atoms with Crippen LogP contribution >= 0.6 is 0 Å². The summed E-state index contributed by atoms with van der Waals surface area (Å²) in [5.41, 5.74) is 0.998. The molecule has 4 rings (SSSR count). The molecule has 0 spiro atoms. The molecule has 4 saturated carbocycles. The van der Waals surface area contributed by atoms with E-state index in [1.165, 1.54) is 70.6 Å². The summed E-state index contributed by atoms with van der Waals surface area (Å²) >= 11 is 0. The molecule has 1 unspecified atom stereocenters. The van der Waals surface area contributed by atoms with Crippen LogP contribution in [0.3, 0.4) is 0 Å². The van der Waals surface area contributed by atoms with Crippen molar-refractivity contribution >= 4 is 16.6 Å². The summed E-state index contributed by atoms with van der Waals surface area (Å²) in [7, 11) is -3.14. The normalized spacial score (nSPS) is 43.3. The predicted octanol–water partition coefficient (Wildman–Crippen LogP) is 10.2. The van der Waals surface area contributed by atoms with E-state index in [1.807, 2.05) is 0 Å². The van der Waals surface area contributed by atoms with Gasteiger partial charge in [0.1, 0.15) is 0 Å². The van der Waals surface area contributed by atoms with Crippen LogP contribution in [0.1, 0.15) is 105 Å². The van der Waals surface area contributed by atoms with E-state index in [4.69, 9.17) is 8.85 Å². The predicted molar refractivity (Wildman–Crippen MR) is 165 cm³/mol. The summed E-state index contributed by atoms with van der Waals surface area (Å²) < 4.78 is 13.9. The maximum absolute atomic E-state index is 7.17. The van der Waals surface area contributed by atoms with Gasteiger partial charge in [-0.25, -0.2) is 0 Å². The van der Waals surface area contributed by atoms with E-state index >= 15 is 0 Å². The SMILES string of the molecule is CC(C)CCC[C@@H](C)[C@H]1CC[C@H]2C3C[C@H](O[Si](C)(C)C)[C@H]4C[C@@H](O[Si](C)(C)C)CC[C@]4(C)[C@H]3CC[C@]12C. The zero-order chi connectivity index (χ0) is 27.4. The van der Waals surface area contributed by atoms with Gasteiger partial charge in [0.25, 0.3) is 0 Å². The first kappa shape index (κ1) is 30.3. The lowest BCUT2D eigenvalue weighted by molar-refractivity contribution is -0.166. The first-order chi connectivity index (χ1) is 17.0. The highest BCUT2D eigenvalue weighted by molar-refractivity contribution is 6.70. The van der Waals surface area contributed by atoms with Crippen LogP contribution in [0.5, 0.6) is 0 Å². The zero-order valence-corrected chi connectivity index (χ0v) is 28.8. The molecular formula is C33H64O2Si2. The number of fused-ring (bicyclic) bond motifs is 5. The van der Waals surface area contributed by atoms with E-state index < -0.39 is 16.6 Å². The largest absolute Gasteiger partial charge is 0.415 e. The molecule has 0 heterocycles. The molecule has 4 aliphatic carbocycles. The van der Waals surface area contributed by atoms with E-state index in [0.29, 0.717) is 29.0 Å². The van der Waals surface area contributed by atoms with Crippen molar-refractivity contribution in [1.82, 2.24) is 0 Å². The molecule has 4 aliphatic rings. The van der Waals surface area contributed by atoms with Crippen molar-refractivity contribution in [3.8, 4) is 0 Å². The first-order valence-corrected chi connectivity index (χ1v) is 23.2. The second kappa shape index (κ2) is 11.0. The Bertz CT molecular complexity index is 769. The summed E-state index contributed by atoms with van der Waals surface area (Å²) in [5, 5.41) is 0. The van der Waals surface area contributed by atoms with E-state index in [2.05, 4.69) is 73.9 Å². The lowest BCUT2D eigenvalue weighted by Crippen LogP contribution is -2.60. The molecule has 0 amide bonds. The monoisotopic (exact) mass is 548 g/mol. The fourth-order valence-corrected chi connectivity index (χ4v) is 12.8.